The van der Waals surface area contributed by atoms with E-state index in [0.29, 0.717) is 6.42 Å². The Labute approximate surface area is 78.5 Å². The molecule has 0 aromatic carbocycles. The van der Waals surface area contributed by atoms with Gasteiger partial charge < -0.3 is 14.7 Å². The Hall–Kier alpha value is -0.610. The summed E-state index contributed by atoms with van der Waals surface area (Å²) >= 11 is 0. The molecular formula is C9H17NO3. The van der Waals surface area contributed by atoms with Crippen molar-refractivity contribution >= 4 is 5.91 Å². The third kappa shape index (κ3) is 2.67. The first-order chi connectivity index (χ1) is 6.29. The highest BCUT2D eigenvalue weighted by Gasteiger charge is 2.25. The van der Waals surface area contributed by atoms with Crippen molar-refractivity contribution in [1.29, 1.82) is 0 Å². The zero-order valence-corrected chi connectivity index (χ0v) is 8.03. The fourth-order valence-corrected chi connectivity index (χ4v) is 1.60. The lowest BCUT2D eigenvalue weighted by Crippen LogP contribution is -2.38. The van der Waals surface area contributed by atoms with Gasteiger partial charge in [0.05, 0.1) is 0 Å². The SMILES string of the molecule is CO[C@H](CCO)C(=O)N1CCCC1. The fourth-order valence-electron chi connectivity index (χ4n) is 1.60. The van der Waals surface area contributed by atoms with E-state index in [1.165, 1.54) is 7.11 Å². The van der Waals surface area contributed by atoms with Crippen molar-refractivity contribution in [2.24, 2.45) is 0 Å². The van der Waals surface area contributed by atoms with E-state index in [1.807, 2.05) is 4.90 Å². The van der Waals surface area contributed by atoms with Gasteiger partial charge in [0.15, 0.2) is 0 Å². The summed E-state index contributed by atoms with van der Waals surface area (Å²) in [4.78, 5) is 13.5. The first-order valence-corrected chi connectivity index (χ1v) is 4.72. The number of ether oxygens (including phenoxy) is 1. The first-order valence-electron chi connectivity index (χ1n) is 4.72. The van der Waals surface area contributed by atoms with E-state index in [9.17, 15) is 4.79 Å². The smallest absolute Gasteiger partial charge is 0.251 e. The monoisotopic (exact) mass is 187 g/mol. The number of hydrogen-bond acceptors (Lipinski definition) is 3. The molecule has 1 heterocycles. The summed E-state index contributed by atoms with van der Waals surface area (Å²) in [6.07, 6.45) is 2.11. The highest BCUT2D eigenvalue weighted by molar-refractivity contribution is 5.81. The van der Waals surface area contributed by atoms with Crippen LogP contribution < -0.4 is 0 Å². The average molecular weight is 187 g/mol. The Morgan fingerprint density at radius 3 is 2.62 bits per heavy atom. The van der Waals surface area contributed by atoms with Crippen LogP contribution in [-0.2, 0) is 9.53 Å². The molecule has 0 bridgehead atoms. The second-order valence-electron chi connectivity index (χ2n) is 3.27. The molecule has 1 amide bonds. The van der Waals surface area contributed by atoms with Crippen LogP contribution in [0.3, 0.4) is 0 Å². The van der Waals surface area contributed by atoms with Crippen LogP contribution in [0, 0.1) is 0 Å². The topological polar surface area (TPSA) is 49.8 Å². The molecule has 0 unspecified atom stereocenters. The molecule has 0 aromatic rings. The Morgan fingerprint density at radius 1 is 1.54 bits per heavy atom. The van der Waals surface area contributed by atoms with E-state index in [0.717, 1.165) is 25.9 Å². The molecule has 4 heteroatoms. The molecule has 13 heavy (non-hydrogen) atoms. The summed E-state index contributed by atoms with van der Waals surface area (Å²) < 4.78 is 5.01. The van der Waals surface area contributed by atoms with Crippen molar-refractivity contribution < 1.29 is 14.6 Å². The zero-order chi connectivity index (χ0) is 9.68. The molecular weight excluding hydrogens is 170 g/mol. The normalized spacial score (nSPS) is 19.1. The molecule has 0 radical (unpaired) electrons. The number of likely N-dealkylation sites (tertiary alicyclic amines) is 1. The van der Waals surface area contributed by atoms with E-state index >= 15 is 0 Å². The van der Waals surface area contributed by atoms with Crippen LogP contribution >= 0.6 is 0 Å². The van der Waals surface area contributed by atoms with Crippen LogP contribution in [0.5, 0.6) is 0 Å². The molecule has 1 aliphatic heterocycles. The number of carbonyl (C=O) groups is 1. The highest BCUT2D eigenvalue weighted by atomic mass is 16.5. The largest absolute Gasteiger partial charge is 0.396 e. The molecule has 4 nitrogen and oxygen atoms in total. The maximum absolute atomic E-state index is 11.7. The van der Waals surface area contributed by atoms with E-state index in [4.69, 9.17) is 9.84 Å². The van der Waals surface area contributed by atoms with Gasteiger partial charge in [0.1, 0.15) is 6.10 Å². The molecule has 0 aromatic heterocycles. The average Bonchev–Trinajstić information content (AvgIpc) is 2.65. The third-order valence-electron chi connectivity index (χ3n) is 2.37. The van der Waals surface area contributed by atoms with Gasteiger partial charge in [0.25, 0.3) is 5.91 Å². The van der Waals surface area contributed by atoms with Crippen LogP contribution in [0.4, 0.5) is 0 Å². The molecule has 0 saturated carbocycles. The molecule has 1 rings (SSSR count). The minimum Gasteiger partial charge on any atom is -0.396 e. The van der Waals surface area contributed by atoms with Crippen molar-refractivity contribution in [3.8, 4) is 0 Å². The van der Waals surface area contributed by atoms with Gasteiger partial charge in [-0.05, 0) is 12.8 Å². The molecule has 0 spiro atoms. The van der Waals surface area contributed by atoms with Crippen LogP contribution in [0.15, 0.2) is 0 Å². The lowest BCUT2D eigenvalue weighted by molar-refractivity contribution is -0.141. The van der Waals surface area contributed by atoms with Crippen LogP contribution in [0.2, 0.25) is 0 Å². The van der Waals surface area contributed by atoms with Gasteiger partial charge in [-0.15, -0.1) is 0 Å². The minimum absolute atomic E-state index is 0.00190. The summed E-state index contributed by atoms with van der Waals surface area (Å²) in [5.41, 5.74) is 0. The van der Waals surface area contributed by atoms with Gasteiger partial charge in [0, 0.05) is 33.2 Å². The Balaban J connectivity index is 2.42. The maximum atomic E-state index is 11.7. The van der Waals surface area contributed by atoms with E-state index < -0.39 is 6.10 Å². The van der Waals surface area contributed by atoms with Gasteiger partial charge in [-0.3, -0.25) is 4.79 Å². The number of nitrogens with zero attached hydrogens (tertiary/aromatic N) is 1. The van der Waals surface area contributed by atoms with Gasteiger partial charge >= 0.3 is 0 Å². The Kier molecular flexibility index (Phi) is 4.18. The lowest BCUT2D eigenvalue weighted by Gasteiger charge is -2.21. The maximum Gasteiger partial charge on any atom is 0.251 e. The van der Waals surface area contributed by atoms with Crippen molar-refractivity contribution in [2.45, 2.75) is 25.4 Å². The molecule has 1 fully saturated rings. The second kappa shape index (κ2) is 5.19. The molecule has 0 aliphatic carbocycles. The standard InChI is InChI=1S/C9H17NO3/c1-13-8(4-7-11)9(12)10-5-2-3-6-10/h8,11H,2-7H2,1H3/t8-/m1/s1. The Morgan fingerprint density at radius 2 is 2.15 bits per heavy atom. The van der Waals surface area contributed by atoms with Crippen LogP contribution in [-0.4, -0.2) is 48.8 Å². The fraction of sp³-hybridized carbons (Fsp3) is 0.889. The van der Waals surface area contributed by atoms with Crippen molar-refractivity contribution in [3.63, 3.8) is 0 Å². The summed E-state index contributed by atoms with van der Waals surface area (Å²) in [6.45, 7) is 1.67. The van der Waals surface area contributed by atoms with Crippen LogP contribution in [0.1, 0.15) is 19.3 Å². The summed E-state index contributed by atoms with van der Waals surface area (Å²) in [6, 6.07) is 0. The van der Waals surface area contributed by atoms with Gasteiger partial charge in [-0.25, -0.2) is 0 Å². The van der Waals surface area contributed by atoms with Crippen molar-refractivity contribution in [1.82, 2.24) is 4.90 Å². The summed E-state index contributed by atoms with van der Waals surface area (Å²) in [5, 5.41) is 8.71. The Bertz CT molecular complexity index is 166. The number of methoxy groups -OCH3 is 1. The molecule has 76 valence electrons. The van der Waals surface area contributed by atoms with E-state index in [1.54, 1.807) is 0 Å². The van der Waals surface area contributed by atoms with E-state index in [2.05, 4.69) is 0 Å². The van der Waals surface area contributed by atoms with Gasteiger partial charge in [-0.2, -0.15) is 0 Å². The number of hydrogen-bond donors (Lipinski definition) is 1. The molecule has 1 atom stereocenters. The second-order valence-corrected chi connectivity index (χ2v) is 3.27. The van der Waals surface area contributed by atoms with Gasteiger partial charge in [-0.1, -0.05) is 0 Å². The summed E-state index contributed by atoms with van der Waals surface area (Å²) in [5.74, 6) is 0.0223. The van der Waals surface area contributed by atoms with Crippen molar-refractivity contribution in [2.75, 3.05) is 26.8 Å². The van der Waals surface area contributed by atoms with Crippen molar-refractivity contribution in [3.05, 3.63) is 0 Å². The molecule has 1 aliphatic rings. The highest BCUT2D eigenvalue weighted by Crippen LogP contribution is 2.11. The molecule has 1 saturated heterocycles. The molecule has 1 N–H and O–H groups in total. The van der Waals surface area contributed by atoms with E-state index in [-0.39, 0.29) is 12.5 Å². The number of amides is 1. The quantitative estimate of drug-likeness (QED) is 0.674. The lowest BCUT2D eigenvalue weighted by atomic mass is 10.2. The number of carbonyl (C=O) groups excluding carboxylic acids is 1. The first kappa shape index (κ1) is 10.5. The predicted molar refractivity (Wildman–Crippen MR) is 48.3 cm³/mol. The zero-order valence-electron chi connectivity index (χ0n) is 8.03. The number of rotatable bonds is 4. The third-order valence-corrected chi connectivity index (χ3v) is 2.37. The van der Waals surface area contributed by atoms with Crippen LogP contribution in [0.25, 0.3) is 0 Å². The minimum atomic E-state index is -0.455. The summed E-state index contributed by atoms with van der Waals surface area (Å²) in [7, 11) is 1.51. The predicted octanol–water partition coefficient (Wildman–Crippen LogP) is 0.00620. The number of aliphatic hydroxyl groups excluding tert-OH is 1. The van der Waals surface area contributed by atoms with Gasteiger partial charge in [0.2, 0.25) is 0 Å². The number of aliphatic hydroxyl groups is 1.